The highest BCUT2D eigenvalue weighted by Gasteiger charge is 2.29. The highest BCUT2D eigenvalue weighted by Crippen LogP contribution is 2.14. The maximum atomic E-state index is 12.5. The monoisotopic (exact) mass is 371 g/mol. The summed E-state index contributed by atoms with van der Waals surface area (Å²) in [6.07, 6.45) is 0. The van der Waals surface area contributed by atoms with E-state index in [0.29, 0.717) is 31.2 Å². The molecule has 0 aliphatic carbocycles. The van der Waals surface area contributed by atoms with Gasteiger partial charge in [0, 0.05) is 31.2 Å². The number of amides is 3. The van der Waals surface area contributed by atoms with Gasteiger partial charge in [0.05, 0.1) is 0 Å². The first kappa shape index (κ1) is 18.3. The first-order chi connectivity index (χ1) is 12.5. The summed E-state index contributed by atoms with van der Waals surface area (Å²) in [4.78, 5) is 28.0. The third-order valence-corrected chi connectivity index (χ3v) is 4.63. The van der Waals surface area contributed by atoms with Gasteiger partial charge in [-0.2, -0.15) is 0 Å². The molecule has 1 aliphatic heterocycles. The number of nitrogens with zero attached hydrogens (tertiary/aromatic N) is 2. The molecule has 1 aliphatic rings. The number of urea groups is 1. The van der Waals surface area contributed by atoms with Gasteiger partial charge in [-0.1, -0.05) is 53.6 Å². The number of aryl methyl sites for hydroxylation is 1. The van der Waals surface area contributed by atoms with Crippen LogP contribution in [-0.4, -0.2) is 41.4 Å². The molecule has 0 radical (unpaired) electrons. The van der Waals surface area contributed by atoms with Crippen LogP contribution in [-0.2, 0) is 17.9 Å². The van der Waals surface area contributed by atoms with E-state index in [9.17, 15) is 9.59 Å². The molecule has 2 aromatic rings. The number of carbonyl (C=O) groups excluding carboxylic acids is 2. The molecular weight excluding hydrogens is 350 g/mol. The van der Waals surface area contributed by atoms with Crippen LogP contribution >= 0.6 is 11.6 Å². The molecule has 136 valence electrons. The Bertz CT molecular complexity index is 792. The highest BCUT2D eigenvalue weighted by molar-refractivity contribution is 6.30. The average molecular weight is 372 g/mol. The van der Waals surface area contributed by atoms with Crippen molar-refractivity contribution in [2.45, 2.75) is 20.0 Å². The van der Waals surface area contributed by atoms with E-state index < -0.39 is 0 Å². The summed E-state index contributed by atoms with van der Waals surface area (Å²) in [6.45, 7) is 4.31. The molecule has 3 rings (SSSR count). The third kappa shape index (κ3) is 4.76. The number of carbonyl (C=O) groups is 2. The Kier molecular flexibility index (Phi) is 5.78. The standard InChI is InChI=1S/C20H22ClN3O2/c1-15-3-2-4-17(11-15)13-23-9-10-24(20(23)26)14-19(25)22-12-16-5-7-18(21)8-6-16/h2-8,11H,9-10,12-14H2,1H3,(H,22,25). The second-order valence-corrected chi connectivity index (χ2v) is 6.95. The number of hydrogen-bond donors (Lipinski definition) is 1. The van der Waals surface area contributed by atoms with Crippen molar-refractivity contribution in [3.63, 3.8) is 0 Å². The van der Waals surface area contributed by atoms with Crippen molar-refractivity contribution in [3.05, 3.63) is 70.2 Å². The van der Waals surface area contributed by atoms with Crippen molar-refractivity contribution in [3.8, 4) is 0 Å². The number of rotatable bonds is 6. The van der Waals surface area contributed by atoms with E-state index in [1.54, 1.807) is 21.9 Å². The van der Waals surface area contributed by atoms with Crippen molar-refractivity contribution in [2.24, 2.45) is 0 Å². The SMILES string of the molecule is Cc1cccc(CN2CCN(CC(=O)NCc3ccc(Cl)cc3)C2=O)c1. The predicted molar refractivity (Wildman–Crippen MR) is 102 cm³/mol. The molecular formula is C20H22ClN3O2. The average Bonchev–Trinajstić information content (AvgIpc) is 2.95. The molecule has 1 N–H and O–H groups in total. The van der Waals surface area contributed by atoms with E-state index in [1.165, 1.54) is 5.56 Å². The summed E-state index contributed by atoms with van der Waals surface area (Å²) in [7, 11) is 0. The van der Waals surface area contributed by atoms with E-state index in [-0.39, 0.29) is 18.5 Å². The Morgan fingerprint density at radius 2 is 1.81 bits per heavy atom. The van der Waals surface area contributed by atoms with Crippen molar-refractivity contribution in [1.82, 2.24) is 15.1 Å². The largest absolute Gasteiger partial charge is 0.350 e. The molecule has 0 atom stereocenters. The molecule has 3 amide bonds. The quantitative estimate of drug-likeness (QED) is 0.847. The van der Waals surface area contributed by atoms with Gasteiger partial charge in [0.15, 0.2) is 0 Å². The number of halogens is 1. The molecule has 0 spiro atoms. The van der Waals surface area contributed by atoms with Crippen LogP contribution in [0.1, 0.15) is 16.7 Å². The lowest BCUT2D eigenvalue weighted by Gasteiger charge is -2.18. The van der Waals surface area contributed by atoms with Gasteiger partial charge in [-0.25, -0.2) is 4.79 Å². The summed E-state index contributed by atoms with van der Waals surface area (Å²) < 4.78 is 0. The Balaban J connectivity index is 1.48. The lowest BCUT2D eigenvalue weighted by Crippen LogP contribution is -2.39. The van der Waals surface area contributed by atoms with Gasteiger partial charge < -0.3 is 15.1 Å². The first-order valence-electron chi connectivity index (χ1n) is 8.62. The lowest BCUT2D eigenvalue weighted by atomic mass is 10.1. The van der Waals surface area contributed by atoms with Crippen molar-refractivity contribution < 1.29 is 9.59 Å². The van der Waals surface area contributed by atoms with Crippen LogP contribution in [0.2, 0.25) is 5.02 Å². The Hall–Kier alpha value is -2.53. The molecule has 0 bridgehead atoms. The zero-order valence-corrected chi connectivity index (χ0v) is 15.5. The summed E-state index contributed by atoms with van der Waals surface area (Å²) in [5, 5.41) is 3.51. The van der Waals surface area contributed by atoms with Gasteiger partial charge in [0.2, 0.25) is 5.91 Å². The number of hydrogen-bond acceptors (Lipinski definition) is 2. The molecule has 1 heterocycles. The van der Waals surface area contributed by atoms with Crippen molar-refractivity contribution in [1.29, 1.82) is 0 Å². The zero-order valence-electron chi connectivity index (χ0n) is 14.7. The van der Waals surface area contributed by atoms with E-state index in [0.717, 1.165) is 11.1 Å². The van der Waals surface area contributed by atoms with Crippen LogP contribution in [0.3, 0.4) is 0 Å². The van der Waals surface area contributed by atoms with Crippen LogP contribution in [0.4, 0.5) is 4.79 Å². The second-order valence-electron chi connectivity index (χ2n) is 6.52. The Morgan fingerprint density at radius 3 is 2.54 bits per heavy atom. The van der Waals surface area contributed by atoms with Crippen LogP contribution in [0.5, 0.6) is 0 Å². The van der Waals surface area contributed by atoms with Crippen molar-refractivity contribution in [2.75, 3.05) is 19.6 Å². The first-order valence-corrected chi connectivity index (χ1v) is 8.99. The second kappa shape index (κ2) is 8.23. The minimum atomic E-state index is -0.161. The van der Waals surface area contributed by atoms with Gasteiger partial charge in [-0.3, -0.25) is 4.79 Å². The molecule has 0 aromatic heterocycles. The highest BCUT2D eigenvalue weighted by atomic mass is 35.5. The van der Waals surface area contributed by atoms with Crippen LogP contribution in [0, 0.1) is 6.92 Å². The van der Waals surface area contributed by atoms with E-state index in [4.69, 9.17) is 11.6 Å². The summed E-state index contributed by atoms with van der Waals surface area (Å²) in [6, 6.07) is 15.3. The fourth-order valence-corrected chi connectivity index (χ4v) is 3.12. The number of benzene rings is 2. The van der Waals surface area contributed by atoms with Gasteiger partial charge in [0.1, 0.15) is 6.54 Å². The molecule has 0 saturated carbocycles. The molecule has 5 nitrogen and oxygen atoms in total. The zero-order chi connectivity index (χ0) is 18.5. The molecule has 6 heteroatoms. The van der Waals surface area contributed by atoms with E-state index in [1.807, 2.05) is 37.3 Å². The van der Waals surface area contributed by atoms with Gasteiger partial charge in [-0.05, 0) is 30.2 Å². The maximum Gasteiger partial charge on any atom is 0.320 e. The van der Waals surface area contributed by atoms with Crippen LogP contribution < -0.4 is 5.32 Å². The Labute approximate surface area is 158 Å². The van der Waals surface area contributed by atoms with Gasteiger partial charge >= 0.3 is 6.03 Å². The molecule has 26 heavy (non-hydrogen) atoms. The van der Waals surface area contributed by atoms with Crippen LogP contribution in [0.25, 0.3) is 0 Å². The van der Waals surface area contributed by atoms with Crippen molar-refractivity contribution >= 4 is 23.5 Å². The Morgan fingerprint density at radius 1 is 1.08 bits per heavy atom. The normalized spacial score (nSPS) is 14.0. The van der Waals surface area contributed by atoms with E-state index >= 15 is 0 Å². The predicted octanol–water partition coefficient (Wildman–Crippen LogP) is 3.20. The molecule has 1 fully saturated rings. The maximum absolute atomic E-state index is 12.5. The number of nitrogens with one attached hydrogen (secondary N) is 1. The fourth-order valence-electron chi connectivity index (χ4n) is 2.99. The topological polar surface area (TPSA) is 52.6 Å². The van der Waals surface area contributed by atoms with Gasteiger partial charge in [-0.15, -0.1) is 0 Å². The minimum Gasteiger partial charge on any atom is -0.350 e. The molecule has 1 saturated heterocycles. The summed E-state index contributed by atoms with van der Waals surface area (Å²) >= 11 is 5.85. The molecule has 0 unspecified atom stereocenters. The summed E-state index contributed by atoms with van der Waals surface area (Å²) in [5.74, 6) is -0.161. The van der Waals surface area contributed by atoms with E-state index in [2.05, 4.69) is 11.4 Å². The third-order valence-electron chi connectivity index (χ3n) is 4.37. The summed E-state index contributed by atoms with van der Waals surface area (Å²) in [5.41, 5.74) is 3.25. The van der Waals surface area contributed by atoms with Crippen LogP contribution in [0.15, 0.2) is 48.5 Å². The lowest BCUT2D eigenvalue weighted by molar-refractivity contribution is -0.121. The molecule has 2 aromatic carbocycles. The fraction of sp³-hybridized carbons (Fsp3) is 0.300. The van der Waals surface area contributed by atoms with Gasteiger partial charge in [0.25, 0.3) is 0 Å². The minimum absolute atomic E-state index is 0.0801. The smallest absolute Gasteiger partial charge is 0.320 e.